The first kappa shape index (κ1) is 13.9. The monoisotopic (exact) mass is 298 g/mol. The summed E-state index contributed by atoms with van der Waals surface area (Å²) < 4.78 is 2.01. The molecular formula is C17H15ClN2O. The van der Waals surface area contributed by atoms with E-state index < -0.39 is 0 Å². The van der Waals surface area contributed by atoms with Gasteiger partial charge in [-0.25, -0.2) is 0 Å². The molecule has 3 rings (SSSR count). The lowest BCUT2D eigenvalue weighted by atomic mass is 10.1. The molecule has 21 heavy (non-hydrogen) atoms. The Balaban J connectivity index is 2.38. The smallest absolute Gasteiger partial charge is 0.193 e. The molecule has 0 fully saturated rings. The van der Waals surface area contributed by atoms with Crippen LogP contribution >= 0.6 is 11.6 Å². The summed E-state index contributed by atoms with van der Waals surface area (Å²) in [6.45, 7) is 0.532. The van der Waals surface area contributed by atoms with Crippen LogP contribution in [0.3, 0.4) is 0 Å². The Morgan fingerprint density at radius 1 is 1.14 bits per heavy atom. The van der Waals surface area contributed by atoms with E-state index in [-0.39, 0.29) is 5.43 Å². The molecule has 3 nitrogen and oxygen atoms in total. The average Bonchev–Trinajstić information content (AvgIpc) is 2.51. The lowest BCUT2D eigenvalue weighted by molar-refractivity contribution is 0.804. The van der Waals surface area contributed by atoms with Crippen molar-refractivity contribution in [3.8, 4) is 5.69 Å². The molecule has 1 heterocycles. The van der Waals surface area contributed by atoms with E-state index in [1.807, 2.05) is 54.2 Å². The van der Waals surface area contributed by atoms with E-state index in [2.05, 4.69) is 5.32 Å². The van der Waals surface area contributed by atoms with Gasteiger partial charge in [0.1, 0.15) is 0 Å². The van der Waals surface area contributed by atoms with E-state index in [4.69, 9.17) is 11.6 Å². The quantitative estimate of drug-likeness (QED) is 0.804. The largest absolute Gasteiger partial charge is 0.316 e. The molecule has 0 saturated heterocycles. The minimum absolute atomic E-state index is 0.0446. The minimum atomic E-state index is 0.0446. The number of para-hydroxylation sites is 1. The molecule has 0 spiro atoms. The first-order valence-corrected chi connectivity index (χ1v) is 7.12. The maximum Gasteiger partial charge on any atom is 0.193 e. The van der Waals surface area contributed by atoms with Gasteiger partial charge < -0.3 is 9.88 Å². The zero-order valence-corrected chi connectivity index (χ0v) is 12.4. The summed E-state index contributed by atoms with van der Waals surface area (Å²) in [6.07, 6.45) is 1.88. The third-order valence-electron chi connectivity index (χ3n) is 3.44. The molecule has 3 aromatic rings. The van der Waals surface area contributed by atoms with Crippen LogP contribution in [0.4, 0.5) is 0 Å². The third kappa shape index (κ3) is 2.58. The van der Waals surface area contributed by atoms with Crippen LogP contribution in [0.2, 0.25) is 5.02 Å². The van der Waals surface area contributed by atoms with Crippen molar-refractivity contribution >= 4 is 22.5 Å². The van der Waals surface area contributed by atoms with Crippen molar-refractivity contribution in [2.75, 3.05) is 7.05 Å². The Labute approximate surface area is 127 Å². The Morgan fingerprint density at radius 2 is 1.90 bits per heavy atom. The number of benzene rings is 2. The summed E-state index contributed by atoms with van der Waals surface area (Å²) in [4.78, 5) is 12.5. The van der Waals surface area contributed by atoms with Crippen molar-refractivity contribution in [2.24, 2.45) is 0 Å². The molecule has 0 aliphatic heterocycles. The van der Waals surface area contributed by atoms with Gasteiger partial charge in [0.15, 0.2) is 5.43 Å². The van der Waals surface area contributed by atoms with Gasteiger partial charge in [0.2, 0.25) is 0 Å². The van der Waals surface area contributed by atoms with Crippen molar-refractivity contribution in [3.63, 3.8) is 0 Å². The third-order valence-corrected chi connectivity index (χ3v) is 3.68. The van der Waals surface area contributed by atoms with Crippen molar-refractivity contribution < 1.29 is 0 Å². The van der Waals surface area contributed by atoms with Gasteiger partial charge in [-0.05, 0) is 37.4 Å². The van der Waals surface area contributed by atoms with Crippen molar-refractivity contribution in [3.05, 3.63) is 75.5 Å². The fraction of sp³-hybridized carbons (Fsp3) is 0.118. The van der Waals surface area contributed by atoms with Crippen LogP contribution in [-0.2, 0) is 6.54 Å². The number of rotatable bonds is 3. The summed E-state index contributed by atoms with van der Waals surface area (Å²) in [5.74, 6) is 0. The van der Waals surface area contributed by atoms with Crippen LogP contribution in [0.15, 0.2) is 59.5 Å². The van der Waals surface area contributed by atoms with E-state index in [0.717, 1.165) is 16.8 Å². The molecule has 0 aliphatic rings. The first-order chi connectivity index (χ1) is 10.2. The standard InChI is InChI=1S/C17H15ClN2O/c1-19-10-12-11-20(14-5-3-2-4-6-14)16-9-13(18)7-8-15(16)17(12)21/h2-9,11,19H,10H2,1H3. The highest BCUT2D eigenvalue weighted by atomic mass is 35.5. The molecule has 1 N–H and O–H groups in total. The molecule has 0 radical (unpaired) electrons. The van der Waals surface area contributed by atoms with Crippen LogP contribution in [0.1, 0.15) is 5.56 Å². The van der Waals surface area contributed by atoms with Gasteiger partial charge in [-0.15, -0.1) is 0 Å². The van der Waals surface area contributed by atoms with E-state index in [1.165, 1.54) is 0 Å². The Kier molecular flexibility index (Phi) is 3.78. The molecule has 0 unspecified atom stereocenters. The molecule has 0 amide bonds. The maximum atomic E-state index is 12.5. The Bertz CT molecular complexity index is 841. The zero-order chi connectivity index (χ0) is 14.8. The normalized spacial score (nSPS) is 11.0. The fourth-order valence-corrected chi connectivity index (χ4v) is 2.64. The highest BCUT2D eigenvalue weighted by molar-refractivity contribution is 6.31. The summed E-state index contributed by atoms with van der Waals surface area (Å²) in [5.41, 5.74) is 2.60. The number of fused-ring (bicyclic) bond motifs is 1. The predicted octanol–water partition coefficient (Wildman–Crippen LogP) is 3.36. The molecular weight excluding hydrogens is 284 g/mol. The van der Waals surface area contributed by atoms with E-state index >= 15 is 0 Å². The van der Waals surface area contributed by atoms with E-state index in [9.17, 15) is 4.79 Å². The molecule has 0 atom stereocenters. The summed E-state index contributed by atoms with van der Waals surface area (Å²) >= 11 is 6.10. The minimum Gasteiger partial charge on any atom is -0.316 e. The summed E-state index contributed by atoms with van der Waals surface area (Å²) in [7, 11) is 1.83. The van der Waals surface area contributed by atoms with Crippen LogP contribution < -0.4 is 10.7 Å². The number of nitrogens with one attached hydrogen (secondary N) is 1. The number of hydrogen-bond donors (Lipinski definition) is 1. The second-order valence-corrected chi connectivity index (χ2v) is 5.32. The second-order valence-electron chi connectivity index (χ2n) is 4.88. The molecule has 4 heteroatoms. The predicted molar refractivity (Wildman–Crippen MR) is 87.3 cm³/mol. The van der Waals surface area contributed by atoms with E-state index in [1.54, 1.807) is 12.1 Å². The van der Waals surface area contributed by atoms with Crippen LogP contribution in [0.5, 0.6) is 0 Å². The number of pyridine rings is 1. The van der Waals surface area contributed by atoms with Crippen LogP contribution in [-0.4, -0.2) is 11.6 Å². The number of halogens is 1. The lowest BCUT2D eigenvalue weighted by Crippen LogP contribution is -2.19. The van der Waals surface area contributed by atoms with Gasteiger partial charge in [-0.3, -0.25) is 4.79 Å². The van der Waals surface area contributed by atoms with Crippen molar-refractivity contribution in [1.29, 1.82) is 0 Å². The van der Waals surface area contributed by atoms with Crippen molar-refractivity contribution in [1.82, 2.24) is 9.88 Å². The van der Waals surface area contributed by atoms with Gasteiger partial charge in [-0.2, -0.15) is 0 Å². The molecule has 106 valence electrons. The fourth-order valence-electron chi connectivity index (χ4n) is 2.47. The maximum absolute atomic E-state index is 12.5. The van der Waals surface area contributed by atoms with Gasteiger partial charge in [0.05, 0.1) is 5.52 Å². The summed E-state index contributed by atoms with van der Waals surface area (Å²) in [6, 6.07) is 15.3. The van der Waals surface area contributed by atoms with Crippen LogP contribution in [0.25, 0.3) is 16.6 Å². The van der Waals surface area contributed by atoms with Crippen LogP contribution in [0, 0.1) is 0 Å². The highest BCUT2D eigenvalue weighted by Crippen LogP contribution is 2.21. The van der Waals surface area contributed by atoms with Gasteiger partial charge >= 0.3 is 0 Å². The van der Waals surface area contributed by atoms with Gasteiger partial charge in [0, 0.05) is 34.4 Å². The number of hydrogen-bond acceptors (Lipinski definition) is 2. The van der Waals surface area contributed by atoms with Crippen molar-refractivity contribution in [2.45, 2.75) is 6.54 Å². The molecule has 0 aliphatic carbocycles. The molecule has 0 bridgehead atoms. The van der Waals surface area contributed by atoms with Gasteiger partial charge in [0.25, 0.3) is 0 Å². The zero-order valence-electron chi connectivity index (χ0n) is 11.6. The van der Waals surface area contributed by atoms with Gasteiger partial charge in [-0.1, -0.05) is 29.8 Å². The lowest BCUT2D eigenvalue weighted by Gasteiger charge is -2.14. The Hall–Kier alpha value is -2.10. The second kappa shape index (κ2) is 5.72. The molecule has 0 saturated carbocycles. The Morgan fingerprint density at radius 3 is 2.62 bits per heavy atom. The topological polar surface area (TPSA) is 34.0 Å². The average molecular weight is 299 g/mol. The molecule has 2 aromatic carbocycles. The summed E-state index contributed by atoms with van der Waals surface area (Å²) in [5, 5.41) is 4.34. The molecule has 1 aromatic heterocycles. The SMILES string of the molecule is CNCc1cn(-c2ccccc2)c2cc(Cl)ccc2c1=O. The number of nitrogens with zero attached hydrogens (tertiary/aromatic N) is 1. The highest BCUT2D eigenvalue weighted by Gasteiger charge is 2.10. The number of aromatic nitrogens is 1. The van der Waals surface area contributed by atoms with E-state index in [0.29, 0.717) is 17.0 Å². The first-order valence-electron chi connectivity index (χ1n) is 6.74.